The van der Waals surface area contributed by atoms with Crippen molar-refractivity contribution in [2.75, 3.05) is 13.1 Å². The van der Waals surface area contributed by atoms with Crippen molar-refractivity contribution >= 4 is 16.9 Å². The summed E-state index contributed by atoms with van der Waals surface area (Å²) in [6.45, 7) is 3.73. The second kappa shape index (κ2) is 7.41. The van der Waals surface area contributed by atoms with Crippen LogP contribution in [0.5, 0.6) is 5.75 Å². The molecule has 31 heavy (non-hydrogen) atoms. The summed E-state index contributed by atoms with van der Waals surface area (Å²) >= 11 is 0. The lowest BCUT2D eigenvalue weighted by Crippen LogP contribution is -2.49. The Morgan fingerprint density at radius 2 is 2.00 bits per heavy atom. The van der Waals surface area contributed by atoms with E-state index >= 15 is 0 Å². The van der Waals surface area contributed by atoms with Crippen molar-refractivity contribution in [1.82, 2.24) is 9.47 Å². The first-order valence-electron chi connectivity index (χ1n) is 10.6. The van der Waals surface area contributed by atoms with Crippen LogP contribution in [0, 0.1) is 12.8 Å². The highest BCUT2D eigenvalue weighted by Crippen LogP contribution is 2.35. The summed E-state index contributed by atoms with van der Waals surface area (Å²) in [5.74, 6) is 0.504. The summed E-state index contributed by atoms with van der Waals surface area (Å²) in [5, 5.41) is 10.4. The molecule has 0 radical (unpaired) electrons. The Labute approximate surface area is 178 Å². The molecule has 4 heterocycles. The molecule has 5 rings (SSSR count). The number of rotatable bonds is 3. The molecule has 1 N–H and O–H groups in total. The van der Waals surface area contributed by atoms with Crippen LogP contribution in [0.15, 0.2) is 50.4 Å². The molecule has 1 aromatic carbocycles. The number of aryl methyl sites for hydroxylation is 1. The molecule has 7 nitrogen and oxygen atoms in total. The van der Waals surface area contributed by atoms with Crippen molar-refractivity contribution in [2.45, 2.75) is 38.6 Å². The lowest BCUT2D eigenvalue weighted by atomic mass is 9.83. The summed E-state index contributed by atoms with van der Waals surface area (Å²) < 4.78 is 7.22. The molecule has 2 aromatic heterocycles. The lowest BCUT2D eigenvalue weighted by molar-refractivity contribution is -0.133. The minimum Gasteiger partial charge on any atom is -0.508 e. The van der Waals surface area contributed by atoms with Crippen LogP contribution in [0.1, 0.15) is 35.6 Å². The Kier molecular flexibility index (Phi) is 4.68. The number of amides is 1. The van der Waals surface area contributed by atoms with Gasteiger partial charge >= 0.3 is 5.63 Å². The Bertz CT molecular complexity index is 1310. The first-order chi connectivity index (χ1) is 14.9. The highest BCUT2D eigenvalue weighted by Gasteiger charge is 2.36. The molecule has 1 amide bonds. The number of aromatic nitrogens is 1. The molecular weight excluding hydrogens is 396 g/mol. The van der Waals surface area contributed by atoms with Gasteiger partial charge in [-0.15, -0.1) is 0 Å². The minimum atomic E-state index is -0.466. The molecule has 2 aliphatic rings. The molecule has 1 saturated heterocycles. The molecule has 7 heteroatoms. The van der Waals surface area contributed by atoms with Crippen LogP contribution in [0.4, 0.5) is 0 Å². The number of likely N-dealkylation sites (tertiary alicyclic amines) is 1. The van der Waals surface area contributed by atoms with E-state index in [1.807, 2.05) is 22.5 Å². The van der Waals surface area contributed by atoms with Gasteiger partial charge < -0.3 is 19.0 Å². The maximum Gasteiger partial charge on any atom is 0.339 e. The van der Waals surface area contributed by atoms with Gasteiger partial charge in [-0.2, -0.15) is 0 Å². The number of carbonyl (C=O) groups is 1. The largest absolute Gasteiger partial charge is 0.508 e. The van der Waals surface area contributed by atoms with Gasteiger partial charge in [0.25, 0.3) is 5.56 Å². The van der Waals surface area contributed by atoms with Crippen molar-refractivity contribution in [2.24, 2.45) is 5.92 Å². The van der Waals surface area contributed by atoms with Crippen LogP contribution in [0.25, 0.3) is 11.0 Å². The van der Waals surface area contributed by atoms with Gasteiger partial charge in [0, 0.05) is 60.7 Å². The van der Waals surface area contributed by atoms with Crippen molar-refractivity contribution in [1.29, 1.82) is 0 Å². The molecule has 160 valence electrons. The van der Waals surface area contributed by atoms with Crippen molar-refractivity contribution in [3.8, 4) is 5.75 Å². The van der Waals surface area contributed by atoms with Gasteiger partial charge in [-0.3, -0.25) is 9.59 Å². The Balaban J connectivity index is 1.34. The number of hydrogen-bond acceptors (Lipinski definition) is 5. The van der Waals surface area contributed by atoms with E-state index in [2.05, 4.69) is 0 Å². The second-order valence-corrected chi connectivity index (χ2v) is 8.67. The zero-order chi connectivity index (χ0) is 21.7. The summed E-state index contributed by atoms with van der Waals surface area (Å²) in [6.07, 6.45) is 1.54. The standard InChI is InChI=1S/C24H24N2O5/c1-14-18-6-5-17(27)10-21(18)31-24(30)19(14)7-8-22(28)25-11-15-9-16(13-25)20-3-2-4-23(29)26(20)12-15/h2-6,10,15-16,27H,7-9,11-13H2,1H3/t15-,16+/m0/s1. The van der Waals surface area contributed by atoms with Crippen molar-refractivity contribution in [3.63, 3.8) is 0 Å². The van der Waals surface area contributed by atoms with E-state index in [1.165, 1.54) is 6.07 Å². The van der Waals surface area contributed by atoms with Crippen LogP contribution in [0.2, 0.25) is 0 Å². The number of carbonyl (C=O) groups excluding carboxylic acids is 1. The second-order valence-electron chi connectivity index (χ2n) is 8.67. The van der Waals surface area contributed by atoms with Gasteiger partial charge in [0.1, 0.15) is 11.3 Å². The maximum atomic E-state index is 13.0. The molecule has 1 fully saturated rings. The smallest absolute Gasteiger partial charge is 0.339 e. The molecule has 2 atom stereocenters. The third kappa shape index (κ3) is 3.44. The molecule has 0 aliphatic carbocycles. The average molecular weight is 420 g/mol. The number of benzene rings is 1. The van der Waals surface area contributed by atoms with Gasteiger partial charge in [0.05, 0.1) is 0 Å². The summed E-state index contributed by atoms with van der Waals surface area (Å²) in [4.78, 5) is 39.5. The van der Waals surface area contributed by atoms with E-state index in [1.54, 1.807) is 24.3 Å². The topological polar surface area (TPSA) is 92.8 Å². The summed E-state index contributed by atoms with van der Waals surface area (Å²) in [5.41, 5.74) is 2.19. The number of pyridine rings is 1. The van der Waals surface area contributed by atoms with Gasteiger partial charge in [0.15, 0.2) is 0 Å². The fourth-order valence-electron chi connectivity index (χ4n) is 5.16. The monoisotopic (exact) mass is 420 g/mol. The van der Waals surface area contributed by atoms with Gasteiger partial charge in [-0.05, 0) is 49.4 Å². The van der Waals surface area contributed by atoms with Crippen LogP contribution in [-0.4, -0.2) is 33.6 Å². The normalized spacial score (nSPS) is 20.0. The van der Waals surface area contributed by atoms with Gasteiger partial charge in [-0.1, -0.05) is 6.07 Å². The number of fused-ring (bicyclic) bond motifs is 5. The van der Waals surface area contributed by atoms with Crippen LogP contribution < -0.4 is 11.2 Å². The lowest BCUT2D eigenvalue weighted by Gasteiger charge is -2.42. The number of hydrogen-bond donors (Lipinski definition) is 1. The predicted octanol–water partition coefficient (Wildman–Crippen LogP) is 2.55. The number of nitrogens with zero attached hydrogens (tertiary/aromatic N) is 2. The number of phenols is 1. The molecule has 2 bridgehead atoms. The van der Waals surface area contributed by atoms with Crippen LogP contribution in [-0.2, 0) is 17.8 Å². The van der Waals surface area contributed by atoms with E-state index in [-0.39, 0.29) is 35.5 Å². The fraction of sp³-hybridized carbons (Fsp3) is 0.375. The summed E-state index contributed by atoms with van der Waals surface area (Å²) in [6, 6.07) is 10.1. The van der Waals surface area contributed by atoms with Crippen LogP contribution >= 0.6 is 0 Å². The molecule has 2 aliphatic heterocycles. The van der Waals surface area contributed by atoms with Crippen LogP contribution in [0.3, 0.4) is 0 Å². The highest BCUT2D eigenvalue weighted by molar-refractivity contribution is 5.82. The number of phenolic OH excluding ortho intramolecular Hbond substituents is 1. The molecule has 3 aromatic rings. The van der Waals surface area contributed by atoms with E-state index in [0.29, 0.717) is 37.2 Å². The molecule has 0 spiro atoms. The van der Waals surface area contributed by atoms with E-state index in [9.17, 15) is 19.5 Å². The zero-order valence-corrected chi connectivity index (χ0v) is 17.3. The van der Waals surface area contributed by atoms with E-state index in [0.717, 1.165) is 23.1 Å². The zero-order valence-electron chi connectivity index (χ0n) is 17.3. The third-order valence-corrected chi connectivity index (χ3v) is 6.69. The van der Waals surface area contributed by atoms with E-state index in [4.69, 9.17) is 4.42 Å². The minimum absolute atomic E-state index is 0.0195. The Morgan fingerprint density at radius 3 is 2.84 bits per heavy atom. The van der Waals surface area contributed by atoms with Crippen molar-refractivity contribution < 1.29 is 14.3 Å². The average Bonchev–Trinajstić information content (AvgIpc) is 2.74. The predicted molar refractivity (Wildman–Crippen MR) is 115 cm³/mol. The Hall–Kier alpha value is -3.35. The first-order valence-corrected chi connectivity index (χ1v) is 10.6. The molecule has 0 saturated carbocycles. The SMILES string of the molecule is Cc1c(CCC(=O)N2C[C@@H]3C[C@H](C2)c2cccc(=O)n2C3)c(=O)oc2cc(O)ccc12. The quantitative estimate of drug-likeness (QED) is 0.658. The third-order valence-electron chi connectivity index (χ3n) is 6.69. The Morgan fingerprint density at radius 1 is 1.16 bits per heavy atom. The first kappa shape index (κ1) is 19.6. The summed E-state index contributed by atoms with van der Waals surface area (Å²) in [7, 11) is 0. The van der Waals surface area contributed by atoms with Crippen molar-refractivity contribution in [3.05, 3.63) is 74.0 Å². The molecule has 0 unspecified atom stereocenters. The number of piperidine rings is 1. The highest BCUT2D eigenvalue weighted by atomic mass is 16.4. The van der Waals surface area contributed by atoms with Gasteiger partial charge in [0.2, 0.25) is 5.91 Å². The fourth-order valence-corrected chi connectivity index (χ4v) is 5.16. The van der Waals surface area contributed by atoms with E-state index < -0.39 is 5.63 Å². The molecular formula is C24H24N2O5. The number of aromatic hydroxyl groups is 1. The van der Waals surface area contributed by atoms with Gasteiger partial charge in [-0.25, -0.2) is 4.79 Å². The maximum absolute atomic E-state index is 13.0.